The second-order valence-electron chi connectivity index (χ2n) is 4.51. The van der Waals surface area contributed by atoms with Crippen LogP contribution in [0.3, 0.4) is 0 Å². The third kappa shape index (κ3) is 1.55. The number of piperidine rings is 1. The Labute approximate surface area is 94.1 Å². The molecule has 88 valence electrons. The second-order valence-corrected chi connectivity index (χ2v) is 6.17. The molecule has 0 spiro atoms. The first-order valence-corrected chi connectivity index (χ1v) is 6.77. The predicted octanol–water partition coefficient (Wildman–Crippen LogP) is -1.08. The molecule has 3 rings (SSSR count). The summed E-state index contributed by atoms with van der Waals surface area (Å²) in [4.78, 5) is 3.86. The minimum atomic E-state index is -3.43. The van der Waals surface area contributed by atoms with Crippen LogP contribution in [-0.2, 0) is 17.1 Å². The van der Waals surface area contributed by atoms with Crippen molar-refractivity contribution in [2.24, 2.45) is 18.9 Å². The van der Waals surface area contributed by atoms with Crippen LogP contribution in [0, 0.1) is 11.8 Å². The van der Waals surface area contributed by atoms with Gasteiger partial charge in [-0.25, -0.2) is 18.1 Å². The Morgan fingerprint density at radius 2 is 2.19 bits per heavy atom. The molecule has 1 aliphatic carbocycles. The molecule has 0 amide bonds. The summed E-state index contributed by atoms with van der Waals surface area (Å²) in [5.74, 6) is 0.942. The van der Waals surface area contributed by atoms with Gasteiger partial charge in [0.25, 0.3) is 10.0 Å². The monoisotopic (exact) mass is 242 g/mol. The Balaban J connectivity index is 1.75. The molecule has 1 saturated carbocycles. The van der Waals surface area contributed by atoms with Crippen LogP contribution in [0.2, 0.25) is 0 Å². The molecule has 2 fully saturated rings. The average molecular weight is 242 g/mol. The van der Waals surface area contributed by atoms with Crippen molar-refractivity contribution in [2.45, 2.75) is 11.1 Å². The Morgan fingerprint density at radius 3 is 2.75 bits per heavy atom. The zero-order valence-corrected chi connectivity index (χ0v) is 9.74. The van der Waals surface area contributed by atoms with Gasteiger partial charge in [0, 0.05) is 19.3 Å². The van der Waals surface area contributed by atoms with Gasteiger partial charge < -0.3 is 9.88 Å². The summed E-state index contributed by atoms with van der Waals surface area (Å²) in [5, 5.41) is 3.33. The third-order valence-electron chi connectivity index (χ3n) is 3.34. The quantitative estimate of drug-likeness (QED) is 0.706. The van der Waals surface area contributed by atoms with Crippen LogP contribution in [0.5, 0.6) is 0 Å². The van der Waals surface area contributed by atoms with Gasteiger partial charge in [0.2, 0.25) is 0 Å². The zero-order chi connectivity index (χ0) is 11.3. The molecule has 6 nitrogen and oxygen atoms in total. The fourth-order valence-electron chi connectivity index (χ4n) is 2.36. The van der Waals surface area contributed by atoms with Gasteiger partial charge >= 0.3 is 0 Å². The largest absolute Gasteiger partial charge is 0.339 e. The van der Waals surface area contributed by atoms with Crippen molar-refractivity contribution >= 4 is 10.0 Å². The number of imidazole rings is 1. The molecular formula is C9H14N4O2S. The molecule has 2 unspecified atom stereocenters. The number of hydrogen-bond donors (Lipinski definition) is 2. The van der Waals surface area contributed by atoms with E-state index in [2.05, 4.69) is 15.0 Å². The van der Waals surface area contributed by atoms with Gasteiger partial charge in [0.1, 0.15) is 0 Å². The number of aromatic nitrogens is 2. The normalized spacial score (nSPS) is 32.7. The van der Waals surface area contributed by atoms with E-state index in [4.69, 9.17) is 0 Å². The van der Waals surface area contributed by atoms with Crippen LogP contribution < -0.4 is 10.0 Å². The molecule has 7 heteroatoms. The molecule has 1 aromatic rings. The van der Waals surface area contributed by atoms with E-state index in [1.165, 1.54) is 12.5 Å². The number of nitrogens with one attached hydrogen (secondary N) is 2. The number of nitrogens with zero attached hydrogens (tertiary/aromatic N) is 2. The van der Waals surface area contributed by atoms with Crippen LogP contribution in [0.1, 0.15) is 0 Å². The molecule has 0 bridgehead atoms. The van der Waals surface area contributed by atoms with E-state index >= 15 is 0 Å². The first-order chi connectivity index (χ1) is 7.58. The molecular weight excluding hydrogens is 228 g/mol. The van der Waals surface area contributed by atoms with Gasteiger partial charge in [-0.05, 0) is 24.9 Å². The van der Waals surface area contributed by atoms with Gasteiger partial charge in [0.05, 0.1) is 6.33 Å². The summed E-state index contributed by atoms with van der Waals surface area (Å²) >= 11 is 0. The molecule has 1 aliphatic heterocycles. The van der Waals surface area contributed by atoms with Crippen molar-refractivity contribution in [3.8, 4) is 0 Å². The number of sulfonamides is 1. The first kappa shape index (κ1) is 10.2. The lowest BCUT2D eigenvalue weighted by atomic mass is 10.4. The van der Waals surface area contributed by atoms with Gasteiger partial charge in [-0.3, -0.25) is 0 Å². The van der Waals surface area contributed by atoms with E-state index in [-0.39, 0.29) is 11.1 Å². The van der Waals surface area contributed by atoms with E-state index < -0.39 is 10.0 Å². The van der Waals surface area contributed by atoms with Gasteiger partial charge in [-0.2, -0.15) is 0 Å². The van der Waals surface area contributed by atoms with Crippen LogP contribution in [0.25, 0.3) is 0 Å². The van der Waals surface area contributed by atoms with Crippen molar-refractivity contribution in [3.05, 3.63) is 12.5 Å². The minimum absolute atomic E-state index is 0.105. The van der Waals surface area contributed by atoms with E-state index in [0.29, 0.717) is 11.8 Å². The van der Waals surface area contributed by atoms with Crippen LogP contribution >= 0.6 is 0 Å². The third-order valence-corrected chi connectivity index (χ3v) is 4.68. The Kier molecular flexibility index (Phi) is 2.10. The smallest absolute Gasteiger partial charge is 0.259 e. The lowest BCUT2D eigenvalue weighted by Crippen LogP contribution is -2.32. The Hall–Kier alpha value is -0.920. The summed E-state index contributed by atoms with van der Waals surface area (Å²) in [6.45, 7) is 1.83. The molecule has 2 aliphatic rings. The summed E-state index contributed by atoms with van der Waals surface area (Å²) in [5.41, 5.74) is 0. The maximum Gasteiger partial charge on any atom is 0.259 e. The van der Waals surface area contributed by atoms with Gasteiger partial charge in [-0.15, -0.1) is 0 Å². The molecule has 0 radical (unpaired) electrons. The lowest BCUT2D eigenvalue weighted by molar-refractivity contribution is 0.562. The summed E-state index contributed by atoms with van der Waals surface area (Å²) in [6.07, 6.45) is 3.00. The number of fused-ring (bicyclic) bond motifs is 1. The predicted molar refractivity (Wildman–Crippen MR) is 57.2 cm³/mol. The van der Waals surface area contributed by atoms with Crippen molar-refractivity contribution in [3.63, 3.8) is 0 Å². The van der Waals surface area contributed by atoms with E-state index in [0.717, 1.165) is 13.1 Å². The molecule has 2 N–H and O–H groups in total. The zero-order valence-electron chi connectivity index (χ0n) is 8.92. The SMILES string of the molecule is Cn1cnc(S(=O)(=O)NC2C3CNCC32)c1. The topological polar surface area (TPSA) is 76.0 Å². The van der Waals surface area contributed by atoms with Crippen molar-refractivity contribution in [2.75, 3.05) is 13.1 Å². The van der Waals surface area contributed by atoms with Crippen LogP contribution in [0.4, 0.5) is 0 Å². The van der Waals surface area contributed by atoms with Gasteiger partial charge in [-0.1, -0.05) is 0 Å². The number of rotatable bonds is 3. The van der Waals surface area contributed by atoms with Crippen molar-refractivity contribution < 1.29 is 8.42 Å². The molecule has 0 aromatic carbocycles. The van der Waals surface area contributed by atoms with Crippen molar-refractivity contribution in [1.29, 1.82) is 0 Å². The summed E-state index contributed by atoms with van der Waals surface area (Å²) in [6, 6.07) is 0.105. The fourth-order valence-corrected chi connectivity index (χ4v) is 3.68. The maximum atomic E-state index is 11.9. The highest BCUT2D eigenvalue weighted by Gasteiger charge is 2.54. The van der Waals surface area contributed by atoms with Crippen LogP contribution in [0.15, 0.2) is 17.6 Å². The Morgan fingerprint density at radius 1 is 1.50 bits per heavy atom. The molecule has 2 heterocycles. The minimum Gasteiger partial charge on any atom is -0.339 e. The fraction of sp³-hybridized carbons (Fsp3) is 0.667. The Bertz CT molecular complexity index is 499. The standard InChI is InChI=1S/C9H14N4O2S/c1-13-4-8(11-5-13)16(14,15)12-9-6-2-10-3-7(6)9/h4-7,9-10,12H,2-3H2,1H3. The average Bonchev–Trinajstić information content (AvgIpc) is 2.68. The summed E-state index contributed by atoms with van der Waals surface area (Å²) < 4.78 is 28.2. The van der Waals surface area contributed by atoms with Crippen LogP contribution in [-0.4, -0.2) is 37.1 Å². The van der Waals surface area contributed by atoms with E-state index in [1.807, 2.05) is 0 Å². The first-order valence-electron chi connectivity index (χ1n) is 5.29. The lowest BCUT2D eigenvalue weighted by Gasteiger charge is -2.06. The summed E-state index contributed by atoms with van der Waals surface area (Å²) in [7, 11) is -1.68. The molecule has 16 heavy (non-hydrogen) atoms. The van der Waals surface area contributed by atoms with E-state index in [1.54, 1.807) is 11.6 Å². The number of hydrogen-bond acceptors (Lipinski definition) is 4. The van der Waals surface area contributed by atoms with E-state index in [9.17, 15) is 8.42 Å². The van der Waals surface area contributed by atoms with Gasteiger partial charge in [0.15, 0.2) is 5.03 Å². The highest BCUT2D eigenvalue weighted by molar-refractivity contribution is 7.89. The highest BCUT2D eigenvalue weighted by Crippen LogP contribution is 2.42. The molecule has 1 aromatic heterocycles. The van der Waals surface area contributed by atoms with Crippen molar-refractivity contribution in [1.82, 2.24) is 19.6 Å². The molecule has 2 atom stereocenters. The highest BCUT2D eigenvalue weighted by atomic mass is 32.2. The second kappa shape index (κ2) is 3.28. The molecule has 1 saturated heterocycles. The maximum absolute atomic E-state index is 11.9. The number of aryl methyl sites for hydroxylation is 1.